The Morgan fingerprint density at radius 1 is 1.06 bits per heavy atom. The number of ether oxygens (including phenoxy) is 1. The fourth-order valence-corrected chi connectivity index (χ4v) is 3.38. The molecule has 0 amide bonds. The van der Waals surface area contributed by atoms with Gasteiger partial charge in [0.1, 0.15) is 6.23 Å². The van der Waals surface area contributed by atoms with Gasteiger partial charge in [0, 0.05) is 36.2 Å². The molecule has 158 valence electrons. The number of morpholine rings is 1. The number of aliphatic hydroxyl groups is 1. The third-order valence-electron chi connectivity index (χ3n) is 5.05. The molecule has 1 saturated heterocycles. The van der Waals surface area contributed by atoms with Crippen molar-refractivity contribution in [3.8, 4) is 17.3 Å². The first-order valence-corrected chi connectivity index (χ1v) is 10.1. The van der Waals surface area contributed by atoms with E-state index in [0.29, 0.717) is 11.5 Å². The zero-order valence-electron chi connectivity index (χ0n) is 17.0. The van der Waals surface area contributed by atoms with Gasteiger partial charge in [-0.2, -0.15) is 5.26 Å². The topological polar surface area (TPSA) is 106 Å². The monoisotopic (exact) mass is 416 g/mol. The fourth-order valence-electron chi connectivity index (χ4n) is 3.38. The molecule has 1 aliphatic heterocycles. The summed E-state index contributed by atoms with van der Waals surface area (Å²) >= 11 is 0. The highest BCUT2D eigenvalue weighted by atomic mass is 16.5. The van der Waals surface area contributed by atoms with Crippen LogP contribution in [0.15, 0.2) is 60.8 Å². The summed E-state index contributed by atoms with van der Waals surface area (Å²) in [6.45, 7) is 3.41. The molecule has 0 spiro atoms. The Kier molecular flexibility index (Phi) is 6.69. The Morgan fingerprint density at radius 2 is 1.81 bits per heavy atom. The summed E-state index contributed by atoms with van der Waals surface area (Å²) in [5.74, 6) is 0.511. The number of hydrogen-bond donors (Lipinski definition) is 3. The van der Waals surface area contributed by atoms with Gasteiger partial charge in [-0.05, 0) is 35.9 Å². The van der Waals surface area contributed by atoms with Crippen LogP contribution in [0.4, 0.5) is 17.3 Å². The molecule has 2 aromatic carbocycles. The van der Waals surface area contributed by atoms with E-state index in [4.69, 9.17) is 10.00 Å². The largest absolute Gasteiger partial charge is 0.378 e. The highest BCUT2D eigenvalue weighted by molar-refractivity contribution is 5.63. The van der Waals surface area contributed by atoms with Crippen molar-refractivity contribution in [1.29, 1.82) is 5.26 Å². The highest BCUT2D eigenvalue weighted by Crippen LogP contribution is 2.23. The molecule has 1 atom stereocenters. The van der Waals surface area contributed by atoms with Crippen LogP contribution in [0.1, 0.15) is 11.8 Å². The number of anilines is 3. The zero-order chi connectivity index (χ0) is 21.5. The lowest BCUT2D eigenvalue weighted by molar-refractivity contribution is 0.122. The van der Waals surface area contributed by atoms with Crippen LogP contribution in [0.5, 0.6) is 0 Å². The quantitative estimate of drug-likeness (QED) is 0.399. The van der Waals surface area contributed by atoms with E-state index in [0.717, 1.165) is 43.2 Å². The van der Waals surface area contributed by atoms with Crippen molar-refractivity contribution in [2.24, 2.45) is 0 Å². The van der Waals surface area contributed by atoms with Crippen LogP contribution in [0, 0.1) is 11.3 Å². The van der Waals surface area contributed by atoms with Gasteiger partial charge in [-0.15, -0.1) is 0 Å². The lowest BCUT2D eigenvalue weighted by Gasteiger charge is -2.28. The SMILES string of the molecule is N#CCNC(O)c1ccc(-c2ccnc(Nc3ccc(N4CCOCC4)cc3)n2)cc1. The summed E-state index contributed by atoms with van der Waals surface area (Å²) in [5.41, 5.74) is 4.45. The molecular weight excluding hydrogens is 392 g/mol. The normalized spacial score (nSPS) is 14.6. The van der Waals surface area contributed by atoms with E-state index in [2.05, 4.69) is 37.6 Å². The standard InChI is InChI=1S/C23H24N6O2/c24-10-12-25-22(30)18-3-1-17(2-4-18)21-9-11-26-23(28-21)27-19-5-7-20(8-6-19)29-13-15-31-16-14-29/h1-9,11,22,25,30H,12-16H2,(H,26,27,28). The molecule has 3 aromatic rings. The van der Waals surface area contributed by atoms with Gasteiger partial charge in [0.15, 0.2) is 0 Å². The molecule has 8 heteroatoms. The predicted octanol–water partition coefficient (Wildman–Crippen LogP) is 2.83. The van der Waals surface area contributed by atoms with Gasteiger partial charge < -0.3 is 20.1 Å². The summed E-state index contributed by atoms with van der Waals surface area (Å²) in [6.07, 6.45) is 0.834. The van der Waals surface area contributed by atoms with Crippen molar-refractivity contribution < 1.29 is 9.84 Å². The fraction of sp³-hybridized carbons (Fsp3) is 0.261. The Labute approximate surface area is 181 Å². The molecule has 1 aliphatic rings. The first-order valence-electron chi connectivity index (χ1n) is 10.1. The minimum atomic E-state index is -0.878. The second-order valence-electron chi connectivity index (χ2n) is 7.10. The Morgan fingerprint density at radius 3 is 2.52 bits per heavy atom. The molecule has 0 aliphatic carbocycles. The Hall–Kier alpha value is -3.51. The number of nitrogens with one attached hydrogen (secondary N) is 2. The van der Waals surface area contributed by atoms with Crippen molar-refractivity contribution in [2.75, 3.05) is 43.1 Å². The van der Waals surface area contributed by atoms with E-state index >= 15 is 0 Å². The third kappa shape index (κ3) is 5.35. The van der Waals surface area contributed by atoms with Gasteiger partial charge in [0.2, 0.25) is 5.95 Å². The summed E-state index contributed by atoms with van der Waals surface area (Å²) in [5, 5.41) is 24.6. The van der Waals surface area contributed by atoms with E-state index in [1.165, 1.54) is 5.69 Å². The number of nitrogens with zero attached hydrogens (tertiary/aromatic N) is 4. The van der Waals surface area contributed by atoms with Gasteiger partial charge in [0.25, 0.3) is 0 Å². The molecule has 2 heterocycles. The van der Waals surface area contributed by atoms with Crippen molar-refractivity contribution >= 4 is 17.3 Å². The first-order chi connectivity index (χ1) is 15.2. The van der Waals surface area contributed by atoms with Crippen molar-refractivity contribution in [3.63, 3.8) is 0 Å². The van der Waals surface area contributed by atoms with Gasteiger partial charge in [0.05, 0.1) is 31.5 Å². The predicted molar refractivity (Wildman–Crippen MR) is 119 cm³/mol. The number of benzene rings is 2. The maximum absolute atomic E-state index is 10.0. The molecule has 1 fully saturated rings. The minimum absolute atomic E-state index is 0.0806. The highest BCUT2D eigenvalue weighted by Gasteiger charge is 2.11. The lowest BCUT2D eigenvalue weighted by atomic mass is 10.1. The van der Waals surface area contributed by atoms with Crippen LogP contribution in [-0.2, 0) is 4.74 Å². The van der Waals surface area contributed by atoms with E-state index in [1.54, 1.807) is 6.20 Å². The van der Waals surface area contributed by atoms with E-state index in [9.17, 15) is 5.11 Å². The number of nitriles is 1. The second-order valence-corrected chi connectivity index (χ2v) is 7.10. The molecule has 0 bridgehead atoms. The Bertz CT molecular complexity index is 1030. The van der Waals surface area contributed by atoms with Crippen molar-refractivity contribution in [2.45, 2.75) is 6.23 Å². The molecule has 8 nitrogen and oxygen atoms in total. The van der Waals surface area contributed by atoms with E-state index < -0.39 is 6.23 Å². The van der Waals surface area contributed by atoms with Crippen LogP contribution >= 0.6 is 0 Å². The molecule has 3 N–H and O–H groups in total. The number of aliphatic hydroxyl groups excluding tert-OH is 1. The van der Waals surface area contributed by atoms with Crippen LogP contribution in [0.25, 0.3) is 11.3 Å². The summed E-state index contributed by atoms with van der Waals surface area (Å²) in [4.78, 5) is 11.2. The van der Waals surface area contributed by atoms with Crippen LogP contribution in [0.3, 0.4) is 0 Å². The third-order valence-corrected chi connectivity index (χ3v) is 5.05. The van der Waals surface area contributed by atoms with Gasteiger partial charge in [-0.3, -0.25) is 5.32 Å². The van der Waals surface area contributed by atoms with Crippen LogP contribution in [0.2, 0.25) is 0 Å². The number of rotatable bonds is 7. The van der Waals surface area contributed by atoms with E-state index in [1.807, 2.05) is 48.5 Å². The maximum Gasteiger partial charge on any atom is 0.227 e. The smallest absolute Gasteiger partial charge is 0.227 e. The molecular formula is C23H24N6O2. The summed E-state index contributed by atoms with van der Waals surface area (Å²) in [6, 6.07) is 19.4. The van der Waals surface area contributed by atoms with Gasteiger partial charge in [-0.1, -0.05) is 24.3 Å². The molecule has 0 saturated carbocycles. The average molecular weight is 416 g/mol. The summed E-state index contributed by atoms with van der Waals surface area (Å²) < 4.78 is 5.41. The second kappa shape index (κ2) is 10.00. The van der Waals surface area contributed by atoms with E-state index in [-0.39, 0.29) is 6.54 Å². The molecule has 4 rings (SSSR count). The minimum Gasteiger partial charge on any atom is -0.378 e. The Balaban J connectivity index is 1.43. The number of aromatic nitrogens is 2. The van der Waals surface area contributed by atoms with Crippen LogP contribution < -0.4 is 15.5 Å². The zero-order valence-corrected chi connectivity index (χ0v) is 17.0. The van der Waals surface area contributed by atoms with Crippen molar-refractivity contribution in [1.82, 2.24) is 15.3 Å². The molecule has 1 aromatic heterocycles. The summed E-state index contributed by atoms with van der Waals surface area (Å²) in [7, 11) is 0. The molecule has 0 radical (unpaired) electrons. The molecule has 31 heavy (non-hydrogen) atoms. The first kappa shape index (κ1) is 20.8. The van der Waals surface area contributed by atoms with Crippen molar-refractivity contribution in [3.05, 3.63) is 66.4 Å². The van der Waals surface area contributed by atoms with Crippen LogP contribution in [-0.4, -0.2) is 47.9 Å². The van der Waals surface area contributed by atoms with Gasteiger partial charge in [-0.25, -0.2) is 9.97 Å². The average Bonchev–Trinajstić information content (AvgIpc) is 2.84. The maximum atomic E-state index is 10.0. The lowest BCUT2D eigenvalue weighted by Crippen LogP contribution is -2.36. The van der Waals surface area contributed by atoms with Gasteiger partial charge >= 0.3 is 0 Å². The molecule has 1 unspecified atom stereocenters. The number of hydrogen-bond acceptors (Lipinski definition) is 8.